The van der Waals surface area contributed by atoms with Crippen molar-refractivity contribution in [3.05, 3.63) is 200 Å². The Morgan fingerprint density at radius 2 is 0.818 bits per heavy atom. The van der Waals surface area contributed by atoms with Crippen LogP contribution >= 0.6 is 0 Å². The van der Waals surface area contributed by atoms with Gasteiger partial charge in [0, 0.05) is 44.5 Å². The molecule has 3 heteroatoms. The van der Waals surface area contributed by atoms with Crippen LogP contribution in [0.1, 0.15) is 0 Å². The summed E-state index contributed by atoms with van der Waals surface area (Å²) in [6.45, 7) is 0. The van der Waals surface area contributed by atoms with Gasteiger partial charge in [0.15, 0.2) is 0 Å². The van der Waals surface area contributed by atoms with E-state index >= 15 is 0 Å². The lowest BCUT2D eigenvalue weighted by Crippen LogP contribution is -2.11. The van der Waals surface area contributed by atoms with E-state index in [-0.39, 0.29) is 0 Å². The molecule has 11 rings (SSSR count). The van der Waals surface area contributed by atoms with Gasteiger partial charge in [-0.25, -0.2) is 0 Å². The number of hydrogen-bond donors (Lipinski definition) is 0. The molecule has 0 aliphatic heterocycles. The maximum atomic E-state index is 6.42. The highest BCUT2D eigenvalue weighted by atomic mass is 16.3. The number of fused-ring (bicyclic) bond motifs is 7. The maximum Gasteiger partial charge on any atom is 0.137 e. The molecule has 3 nitrogen and oxygen atoms in total. The predicted molar refractivity (Wildman–Crippen MR) is 229 cm³/mol. The Bertz CT molecular complexity index is 3200. The summed E-state index contributed by atoms with van der Waals surface area (Å²) >= 11 is 0. The van der Waals surface area contributed by atoms with Gasteiger partial charge in [0.25, 0.3) is 0 Å². The monoisotopic (exact) mass is 703 g/mol. The van der Waals surface area contributed by atoms with E-state index in [1.807, 2.05) is 24.3 Å². The summed E-state index contributed by atoms with van der Waals surface area (Å²) < 4.78 is 12.6. The second-order valence-electron chi connectivity index (χ2n) is 14.1. The average molecular weight is 704 g/mol. The highest BCUT2D eigenvalue weighted by Crippen LogP contribution is 2.44. The van der Waals surface area contributed by atoms with Crippen LogP contribution in [0.5, 0.6) is 0 Å². The molecule has 0 amide bonds. The van der Waals surface area contributed by atoms with Crippen molar-refractivity contribution in [3.63, 3.8) is 0 Å². The molecule has 11 aromatic rings. The quantitative estimate of drug-likeness (QED) is 0.173. The Balaban J connectivity index is 1.02. The summed E-state index contributed by atoms with van der Waals surface area (Å²) in [5, 5.41) is 6.96. The van der Waals surface area contributed by atoms with Crippen molar-refractivity contribution in [1.82, 2.24) is 0 Å². The molecule has 258 valence electrons. The number of para-hydroxylation sites is 3. The molecule has 55 heavy (non-hydrogen) atoms. The van der Waals surface area contributed by atoms with Gasteiger partial charge in [-0.15, -0.1) is 0 Å². The topological polar surface area (TPSA) is 29.5 Å². The van der Waals surface area contributed by atoms with Crippen LogP contribution in [-0.2, 0) is 0 Å². The summed E-state index contributed by atoms with van der Waals surface area (Å²) in [5.41, 5.74) is 13.7. The van der Waals surface area contributed by atoms with E-state index in [1.165, 1.54) is 27.5 Å². The predicted octanol–water partition coefficient (Wildman–Crippen LogP) is 15.1. The van der Waals surface area contributed by atoms with Gasteiger partial charge < -0.3 is 13.7 Å². The Kier molecular flexibility index (Phi) is 7.17. The number of benzene rings is 9. The van der Waals surface area contributed by atoms with E-state index in [0.717, 1.165) is 77.6 Å². The Labute approximate surface area is 317 Å². The smallest absolute Gasteiger partial charge is 0.137 e. The molecule has 2 heterocycles. The van der Waals surface area contributed by atoms with Crippen LogP contribution in [-0.4, -0.2) is 0 Å². The first-order chi connectivity index (χ1) is 27.2. The lowest BCUT2D eigenvalue weighted by Gasteiger charge is -2.28. The van der Waals surface area contributed by atoms with Crippen LogP contribution in [0.4, 0.5) is 17.1 Å². The first-order valence-corrected chi connectivity index (χ1v) is 18.7. The molecule has 0 fully saturated rings. The molecule has 0 aliphatic carbocycles. The Hall–Kier alpha value is -7.36. The van der Waals surface area contributed by atoms with Crippen molar-refractivity contribution < 1.29 is 8.83 Å². The van der Waals surface area contributed by atoms with Gasteiger partial charge in [0.1, 0.15) is 22.3 Å². The summed E-state index contributed by atoms with van der Waals surface area (Å²) in [4.78, 5) is 2.34. The van der Waals surface area contributed by atoms with Crippen LogP contribution in [0.15, 0.2) is 209 Å². The largest absolute Gasteiger partial charge is 0.456 e. The molecule has 2 aromatic heterocycles. The van der Waals surface area contributed by atoms with Crippen LogP contribution in [0.2, 0.25) is 0 Å². The standard InChI is InChI=1S/C52H33NO2/c1-2-12-41-36(10-1)11-9-16-42(41)37-22-20-34(21-23-37)35-24-27-39(28-25-35)53(40-29-30-46-44-14-4-7-18-49(44)55-52(46)33-40)48-17-6-3-13-43(48)38-26-31-51-47(32-38)45-15-5-8-19-50(45)54-51/h1-33H. The fourth-order valence-corrected chi connectivity index (χ4v) is 8.21. The number of furan rings is 2. The second kappa shape index (κ2) is 12.6. The highest BCUT2D eigenvalue weighted by Gasteiger charge is 2.20. The fourth-order valence-electron chi connectivity index (χ4n) is 8.21. The number of hydrogen-bond acceptors (Lipinski definition) is 3. The minimum atomic E-state index is 0.857. The summed E-state index contributed by atoms with van der Waals surface area (Å²) in [5.74, 6) is 0. The first kappa shape index (κ1) is 31.2. The SMILES string of the molecule is c1ccc(N(c2ccc(-c3ccc(-c4cccc5ccccc45)cc3)cc2)c2ccc3c(c2)oc2ccccc23)c(-c2ccc3oc4ccccc4c3c2)c1. The molecule has 9 aromatic carbocycles. The average Bonchev–Trinajstić information content (AvgIpc) is 3.82. The number of anilines is 3. The normalized spacial score (nSPS) is 11.6. The lowest BCUT2D eigenvalue weighted by atomic mass is 9.96. The van der Waals surface area contributed by atoms with Gasteiger partial charge in [0.2, 0.25) is 0 Å². The molecule has 0 bridgehead atoms. The van der Waals surface area contributed by atoms with Gasteiger partial charge in [0.05, 0.1) is 5.69 Å². The van der Waals surface area contributed by atoms with E-state index in [0.29, 0.717) is 0 Å². The van der Waals surface area contributed by atoms with Crippen molar-refractivity contribution in [3.8, 4) is 33.4 Å². The van der Waals surface area contributed by atoms with Crippen LogP contribution in [0.3, 0.4) is 0 Å². The van der Waals surface area contributed by atoms with Crippen molar-refractivity contribution in [1.29, 1.82) is 0 Å². The molecular formula is C52H33NO2. The minimum absolute atomic E-state index is 0.857. The number of nitrogens with zero attached hydrogens (tertiary/aromatic N) is 1. The summed E-state index contributed by atoms with van der Waals surface area (Å²) in [6, 6.07) is 71.1. The van der Waals surface area contributed by atoms with E-state index < -0.39 is 0 Å². The summed E-state index contributed by atoms with van der Waals surface area (Å²) in [7, 11) is 0. The van der Waals surface area contributed by atoms with Crippen LogP contribution < -0.4 is 4.90 Å². The van der Waals surface area contributed by atoms with Gasteiger partial charge in [-0.1, -0.05) is 140 Å². The molecule has 0 saturated heterocycles. The van der Waals surface area contributed by atoms with Crippen molar-refractivity contribution >= 4 is 71.7 Å². The first-order valence-electron chi connectivity index (χ1n) is 18.7. The van der Waals surface area contributed by atoms with Crippen molar-refractivity contribution in [2.75, 3.05) is 4.90 Å². The van der Waals surface area contributed by atoms with Crippen LogP contribution in [0.25, 0.3) is 88.0 Å². The molecule has 0 radical (unpaired) electrons. The van der Waals surface area contributed by atoms with E-state index in [2.05, 4.69) is 181 Å². The van der Waals surface area contributed by atoms with Gasteiger partial charge in [-0.3, -0.25) is 0 Å². The molecule has 0 atom stereocenters. The fraction of sp³-hybridized carbons (Fsp3) is 0. The van der Waals surface area contributed by atoms with Crippen molar-refractivity contribution in [2.45, 2.75) is 0 Å². The zero-order chi connectivity index (χ0) is 36.3. The maximum absolute atomic E-state index is 6.42. The third-order valence-corrected chi connectivity index (χ3v) is 10.9. The zero-order valence-corrected chi connectivity index (χ0v) is 29.8. The molecule has 0 aliphatic rings. The summed E-state index contributed by atoms with van der Waals surface area (Å²) in [6.07, 6.45) is 0. The minimum Gasteiger partial charge on any atom is -0.456 e. The molecule has 0 unspecified atom stereocenters. The molecule has 0 spiro atoms. The van der Waals surface area contributed by atoms with Gasteiger partial charge in [-0.05, 0) is 93.2 Å². The van der Waals surface area contributed by atoms with Crippen LogP contribution in [0, 0.1) is 0 Å². The van der Waals surface area contributed by atoms with E-state index in [1.54, 1.807) is 0 Å². The van der Waals surface area contributed by atoms with Gasteiger partial charge >= 0.3 is 0 Å². The third kappa shape index (κ3) is 5.28. The lowest BCUT2D eigenvalue weighted by molar-refractivity contribution is 0.668. The van der Waals surface area contributed by atoms with Gasteiger partial charge in [-0.2, -0.15) is 0 Å². The molecular weight excluding hydrogens is 671 g/mol. The highest BCUT2D eigenvalue weighted by molar-refractivity contribution is 6.08. The molecule has 0 saturated carbocycles. The number of rotatable bonds is 6. The van der Waals surface area contributed by atoms with Crippen molar-refractivity contribution in [2.24, 2.45) is 0 Å². The Morgan fingerprint density at radius 1 is 0.291 bits per heavy atom. The zero-order valence-electron chi connectivity index (χ0n) is 29.8. The second-order valence-corrected chi connectivity index (χ2v) is 14.1. The molecule has 0 N–H and O–H groups in total. The van der Waals surface area contributed by atoms with E-state index in [9.17, 15) is 0 Å². The van der Waals surface area contributed by atoms with E-state index in [4.69, 9.17) is 8.83 Å². The third-order valence-electron chi connectivity index (χ3n) is 10.9. The Morgan fingerprint density at radius 3 is 1.62 bits per heavy atom.